The van der Waals surface area contributed by atoms with Crippen LogP contribution in [0, 0.1) is 17.9 Å². The fourth-order valence-corrected chi connectivity index (χ4v) is 6.44. The van der Waals surface area contributed by atoms with Gasteiger partial charge in [0.2, 0.25) is 5.69 Å². The first-order valence-corrected chi connectivity index (χ1v) is 13.8. The number of aromatic nitrogens is 2. The van der Waals surface area contributed by atoms with E-state index in [9.17, 15) is 5.26 Å². The predicted octanol–water partition coefficient (Wildman–Crippen LogP) is 9.97. The van der Waals surface area contributed by atoms with Gasteiger partial charge >= 0.3 is 0 Å². The Kier molecular flexibility index (Phi) is 5.22. The summed E-state index contributed by atoms with van der Waals surface area (Å²) in [5.74, 6) is 0. The highest BCUT2D eigenvalue weighted by Crippen LogP contribution is 2.44. The standard InChI is InChI=1S/C38H22N4/c1-40-33-18-6-8-20-36(33)42-34-19-7-5-13-27(34)28-14-9-16-30(38(28)42)29-15-10-17-31-32-23-25(24-39)21-22-35(32)41(37(29)31)26-11-3-2-4-12-26/h2-23H. The van der Waals surface area contributed by atoms with Crippen LogP contribution in [0.1, 0.15) is 5.56 Å². The van der Waals surface area contributed by atoms with E-state index in [1.54, 1.807) is 0 Å². The molecule has 0 atom stereocenters. The molecule has 0 aliphatic heterocycles. The second-order valence-corrected chi connectivity index (χ2v) is 10.4. The molecule has 42 heavy (non-hydrogen) atoms. The van der Waals surface area contributed by atoms with Crippen LogP contribution in [-0.2, 0) is 0 Å². The van der Waals surface area contributed by atoms with Crippen LogP contribution in [0.15, 0.2) is 133 Å². The fraction of sp³-hybridized carbons (Fsp3) is 0. The van der Waals surface area contributed by atoms with E-state index in [4.69, 9.17) is 6.57 Å². The molecule has 8 rings (SSSR count). The quantitative estimate of drug-likeness (QED) is 0.208. The Balaban J connectivity index is 1.58. The zero-order valence-corrected chi connectivity index (χ0v) is 22.5. The number of hydrogen-bond acceptors (Lipinski definition) is 1. The minimum Gasteiger partial charge on any atom is -0.318 e. The minimum atomic E-state index is 0.607. The molecule has 0 bridgehead atoms. The van der Waals surface area contributed by atoms with Gasteiger partial charge in [0, 0.05) is 38.4 Å². The predicted molar refractivity (Wildman–Crippen MR) is 172 cm³/mol. The molecule has 4 heteroatoms. The monoisotopic (exact) mass is 534 g/mol. The van der Waals surface area contributed by atoms with Crippen LogP contribution in [0.25, 0.3) is 71.0 Å². The summed E-state index contributed by atoms with van der Waals surface area (Å²) in [6.45, 7) is 7.93. The molecule has 0 amide bonds. The molecule has 0 spiro atoms. The Bertz CT molecular complexity index is 2430. The number of nitrogens with zero attached hydrogens (tertiary/aromatic N) is 4. The van der Waals surface area contributed by atoms with Crippen molar-refractivity contribution in [3.63, 3.8) is 0 Å². The Morgan fingerprint density at radius 2 is 1.17 bits per heavy atom. The maximum Gasteiger partial charge on any atom is 0.210 e. The third-order valence-electron chi connectivity index (χ3n) is 8.16. The first-order valence-electron chi connectivity index (χ1n) is 13.8. The Labute approximate surface area is 242 Å². The molecule has 0 N–H and O–H groups in total. The first kappa shape index (κ1) is 23.8. The van der Waals surface area contributed by atoms with Crippen molar-refractivity contribution >= 4 is 49.3 Å². The van der Waals surface area contributed by atoms with Gasteiger partial charge in [-0.1, -0.05) is 91.0 Å². The lowest BCUT2D eigenvalue weighted by atomic mass is 9.99. The summed E-state index contributed by atoms with van der Waals surface area (Å²) in [7, 11) is 0. The summed E-state index contributed by atoms with van der Waals surface area (Å²) >= 11 is 0. The van der Waals surface area contributed by atoms with E-state index in [2.05, 4.69) is 105 Å². The lowest BCUT2D eigenvalue weighted by molar-refractivity contribution is 1.17. The van der Waals surface area contributed by atoms with Crippen molar-refractivity contribution in [3.05, 3.63) is 150 Å². The third-order valence-corrected chi connectivity index (χ3v) is 8.16. The Hall–Kier alpha value is -6.10. The van der Waals surface area contributed by atoms with Crippen molar-refractivity contribution in [3.8, 4) is 28.6 Å². The molecule has 0 saturated carbocycles. The van der Waals surface area contributed by atoms with Crippen LogP contribution in [0.4, 0.5) is 5.69 Å². The van der Waals surface area contributed by atoms with Gasteiger partial charge in [0.25, 0.3) is 0 Å². The van der Waals surface area contributed by atoms with Crippen LogP contribution in [-0.4, -0.2) is 9.13 Å². The van der Waals surface area contributed by atoms with Gasteiger partial charge in [0.15, 0.2) is 0 Å². The molecule has 8 aromatic rings. The molecule has 0 radical (unpaired) electrons. The summed E-state index contributed by atoms with van der Waals surface area (Å²) in [6, 6.07) is 47.8. The smallest absolute Gasteiger partial charge is 0.210 e. The maximum absolute atomic E-state index is 9.71. The van der Waals surface area contributed by atoms with Crippen molar-refractivity contribution in [1.82, 2.24) is 9.13 Å². The van der Waals surface area contributed by atoms with Crippen LogP contribution < -0.4 is 0 Å². The molecule has 0 aliphatic rings. The minimum absolute atomic E-state index is 0.607. The van der Waals surface area contributed by atoms with Crippen LogP contribution in [0.3, 0.4) is 0 Å². The second-order valence-electron chi connectivity index (χ2n) is 10.4. The average molecular weight is 535 g/mol. The molecule has 0 saturated heterocycles. The summed E-state index contributed by atoms with van der Waals surface area (Å²) < 4.78 is 4.55. The van der Waals surface area contributed by atoms with Gasteiger partial charge in [0.1, 0.15) is 0 Å². The number of para-hydroxylation sites is 6. The molecule has 6 aromatic carbocycles. The maximum atomic E-state index is 9.71. The van der Waals surface area contributed by atoms with E-state index in [1.807, 2.05) is 48.5 Å². The van der Waals surface area contributed by atoms with Crippen LogP contribution >= 0.6 is 0 Å². The largest absolute Gasteiger partial charge is 0.318 e. The zero-order valence-electron chi connectivity index (χ0n) is 22.5. The van der Waals surface area contributed by atoms with Gasteiger partial charge < -0.3 is 9.13 Å². The lowest BCUT2D eigenvalue weighted by Crippen LogP contribution is -1.98. The fourth-order valence-electron chi connectivity index (χ4n) is 6.44. The number of fused-ring (bicyclic) bond motifs is 6. The lowest BCUT2D eigenvalue weighted by Gasteiger charge is -2.15. The average Bonchev–Trinajstić information content (AvgIpc) is 3.58. The number of benzene rings is 6. The highest BCUT2D eigenvalue weighted by atomic mass is 15.0. The summed E-state index contributed by atoms with van der Waals surface area (Å²) in [5, 5.41) is 14.1. The summed E-state index contributed by atoms with van der Waals surface area (Å²) in [4.78, 5) is 3.89. The topological polar surface area (TPSA) is 38.0 Å². The zero-order chi connectivity index (χ0) is 28.2. The van der Waals surface area contributed by atoms with E-state index >= 15 is 0 Å². The molecule has 2 aromatic heterocycles. The van der Waals surface area contributed by atoms with Gasteiger partial charge in [0.05, 0.1) is 46.0 Å². The molecule has 194 valence electrons. The molecule has 4 nitrogen and oxygen atoms in total. The van der Waals surface area contributed by atoms with Gasteiger partial charge in [-0.15, -0.1) is 0 Å². The second kappa shape index (κ2) is 9.24. The number of rotatable bonds is 3. The molecular weight excluding hydrogens is 512 g/mol. The van der Waals surface area contributed by atoms with Gasteiger partial charge in [-0.25, -0.2) is 4.85 Å². The molecule has 0 fully saturated rings. The molecule has 2 heterocycles. The first-order chi connectivity index (χ1) is 20.8. The third kappa shape index (κ3) is 3.33. The number of hydrogen-bond donors (Lipinski definition) is 0. The highest BCUT2D eigenvalue weighted by molar-refractivity contribution is 6.19. The normalized spacial score (nSPS) is 11.3. The van der Waals surface area contributed by atoms with Crippen molar-refractivity contribution in [2.75, 3.05) is 0 Å². The van der Waals surface area contributed by atoms with E-state index in [0.29, 0.717) is 11.3 Å². The van der Waals surface area contributed by atoms with E-state index in [0.717, 1.165) is 66.1 Å². The van der Waals surface area contributed by atoms with Crippen molar-refractivity contribution < 1.29 is 0 Å². The number of nitriles is 1. The van der Waals surface area contributed by atoms with Gasteiger partial charge in [-0.2, -0.15) is 5.26 Å². The van der Waals surface area contributed by atoms with Gasteiger partial charge in [-0.05, 0) is 42.5 Å². The summed E-state index contributed by atoms with van der Waals surface area (Å²) in [5.41, 5.74) is 9.58. The Morgan fingerprint density at radius 1 is 0.548 bits per heavy atom. The molecule has 0 unspecified atom stereocenters. The van der Waals surface area contributed by atoms with E-state index < -0.39 is 0 Å². The van der Waals surface area contributed by atoms with Crippen molar-refractivity contribution in [2.45, 2.75) is 0 Å². The summed E-state index contributed by atoms with van der Waals surface area (Å²) in [6.07, 6.45) is 0. The SMILES string of the molecule is [C-]#[N+]c1ccccc1-n1c2ccccc2c2cccc(-c3cccc4c5cc(C#N)ccc5n(-c5ccccc5)c34)c21. The highest BCUT2D eigenvalue weighted by Gasteiger charge is 2.22. The molecule has 0 aliphatic carbocycles. The van der Waals surface area contributed by atoms with E-state index in [1.165, 1.54) is 0 Å². The molecular formula is C38H22N4. The van der Waals surface area contributed by atoms with Crippen molar-refractivity contribution in [2.24, 2.45) is 0 Å². The van der Waals surface area contributed by atoms with Crippen LogP contribution in [0.2, 0.25) is 0 Å². The van der Waals surface area contributed by atoms with Crippen LogP contribution in [0.5, 0.6) is 0 Å². The Morgan fingerprint density at radius 3 is 1.93 bits per heavy atom. The van der Waals surface area contributed by atoms with Gasteiger partial charge in [-0.3, -0.25) is 0 Å². The van der Waals surface area contributed by atoms with E-state index in [-0.39, 0.29) is 0 Å². The van der Waals surface area contributed by atoms with Crippen molar-refractivity contribution in [1.29, 1.82) is 5.26 Å².